The molecule has 2 rings (SSSR count). The molecular formula is C18H27N5O2S. The molecule has 2 aromatic rings. The Morgan fingerprint density at radius 3 is 2.73 bits per heavy atom. The van der Waals surface area contributed by atoms with E-state index in [2.05, 4.69) is 44.8 Å². The van der Waals surface area contributed by atoms with Crippen molar-refractivity contribution in [3.63, 3.8) is 0 Å². The fraction of sp³-hybridized carbons (Fsp3) is 0.500. The molecule has 0 bridgehead atoms. The summed E-state index contributed by atoms with van der Waals surface area (Å²) in [4.78, 5) is 9.81. The molecule has 0 saturated heterocycles. The maximum atomic E-state index is 5.46. The van der Waals surface area contributed by atoms with Crippen LogP contribution >= 0.6 is 11.8 Å². The molecule has 0 aliphatic rings. The molecule has 0 saturated carbocycles. The summed E-state index contributed by atoms with van der Waals surface area (Å²) in [6.07, 6.45) is -0.175. The second kappa shape index (κ2) is 10.8. The van der Waals surface area contributed by atoms with E-state index in [1.165, 1.54) is 4.90 Å². The molecule has 0 amide bonds. The van der Waals surface area contributed by atoms with Crippen molar-refractivity contribution in [3.05, 3.63) is 42.0 Å². The Morgan fingerprint density at radius 2 is 2.04 bits per heavy atom. The number of benzene rings is 1. The number of thioether (sulfide) groups is 1. The molecule has 8 heteroatoms. The summed E-state index contributed by atoms with van der Waals surface area (Å²) in [7, 11) is 1.74. The highest BCUT2D eigenvalue weighted by Crippen LogP contribution is 2.21. The van der Waals surface area contributed by atoms with Crippen molar-refractivity contribution >= 4 is 17.7 Å². The lowest BCUT2D eigenvalue weighted by Crippen LogP contribution is -2.39. The first kappa shape index (κ1) is 20.3. The zero-order valence-electron chi connectivity index (χ0n) is 15.7. The van der Waals surface area contributed by atoms with Crippen LogP contribution in [0.1, 0.15) is 38.6 Å². The number of aromatic nitrogens is 2. The molecule has 0 fully saturated rings. The summed E-state index contributed by atoms with van der Waals surface area (Å²) in [5, 5.41) is 10.8. The van der Waals surface area contributed by atoms with Gasteiger partial charge >= 0.3 is 0 Å². The zero-order valence-corrected chi connectivity index (χ0v) is 16.5. The summed E-state index contributed by atoms with van der Waals surface area (Å²) in [5.41, 5.74) is 0. The molecule has 0 spiro atoms. The molecule has 1 aromatic heterocycles. The van der Waals surface area contributed by atoms with Gasteiger partial charge in [-0.05, 0) is 26.0 Å². The molecule has 2 N–H and O–H groups in total. The highest BCUT2D eigenvalue weighted by molar-refractivity contribution is 8.00. The first-order valence-electron chi connectivity index (χ1n) is 8.72. The zero-order chi connectivity index (χ0) is 18.8. The molecule has 0 aliphatic carbocycles. The lowest BCUT2D eigenvalue weighted by atomic mass is 10.4. The third kappa shape index (κ3) is 6.68. The molecule has 1 heterocycles. The topological polar surface area (TPSA) is 84.6 Å². The predicted octanol–water partition coefficient (Wildman–Crippen LogP) is 3.01. The van der Waals surface area contributed by atoms with E-state index in [-0.39, 0.29) is 6.10 Å². The standard InChI is InChI=1S/C18H27N5O2S/c1-5-24-14(3)17-22-16(25-23-17)12-21-18(19-4)20-11-13(2)26-15-9-7-6-8-10-15/h6-10,13-14H,5,11-12H2,1-4H3,(H2,19,20,21). The van der Waals surface area contributed by atoms with Crippen LogP contribution in [-0.4, -0.2) is 41.5 Å². The van der Waals surface area contributed by atoms with Crippen molar-refractivity contribution in [2.75, 3.05) is 20.2 Å². The lowest BCUT2D eigenvalue weighted by Gasteiger charge is -2.15. The van der Waals surface area contributed by atoms with Crippen LogP contribution in [0.4, 0.5) is 0 Å². The number of aliphatic imine (C=N–C) groups is 1. The van der Waals surface area contributed by atoms with Crippen molar-refractivity contribution in [1.29, 1.82) is 0 Å². The largest absolute Gasteiger partial charge is 0.371 e. The Bertz CT molecular complexity index is 677. The van der Waals surface area contributed by atoms with Gasteiger partial charge in [-0.1, -0.05) is 30.3 Å². The van der Waals surface area contributed by atoms with Gasteiger partial charge in [-0.3, -0.25) is 4.99 Å². The monoisotopic (exact) mass is 377 g/mol. The quantitative estimate of drug-likeness (QED) is 0.395. The van der Waals surface area contributed by atoms with Gasteiger partial charge in [-0.25, -0.2) is 0 Å². The third-order valence-corrected chi connectivity index (χ3v) is 4.65. The Morgan fingerprint density at radius 1 is 1.27 bits per heavy atom. The van der Waals surface area contributed by atoms with Crippen LogP contribution in [0.25, 0.3) is 0 Å². The van der Waals surface area contributed by atoms with Gasteiger partial charge in [0.2, 0.25) is 5.89 Å². The first-order chi connectivity index (χ1) is 12.6. The van der Waals surface area contributed by atoms with Gasteiger partial charge in [0.05, 0.1) is 6.54 Å². The number of rotatable bonds is 9. The number of nitrogens with one attached hydrogen (secondary N) is 2. The highest BCUT2D eigenvalue weighted by Gasteiger charge is 2.14. The molecule has 0 radical (unpaired) electrons. The molecule has 142 valence electrons. The van der Waals surface area contributed by atoms with Crippen molar-refractivity contribution in [3.8, 4) is 0 Å². The van der Waals surface area contributed by atoms with E-state index in [0.717, 1.165) is 6.54 Å². The van der Waals surface area contributed by atoms with Crippen molar-refractivity contribution in [1.82, 2.24) is 20.8 Å². The van der Waals surface area contributed by atoms with Crippen LogP contribution in [-0.2, 0) is 11.3 Å². The van der Waals surface area contributed by atoms with Crippen LogP contribution in [0, 0.1) is 0 Å². The molecule has 2 unspecified atom stereocenters. The number of hydrogen-bond donors (Lipinski definition) is 2. The number of nitrogens with zero attached hydrogens (tertiary/aromatic N) is 3. The Hall–Kier alpha value is -2.06. The van der Waals surface area contributed by atoms with Gasteiger partial charge in [0, 0.05) is 30.3 Å². The van der Waals surface area contributed by atoms with Gasteiger partial charge in [-0.2, -0.15) is 4.98 Å². The Balaban J connectivity index is 1.75. The fourth-order valence-electron chi connectivity index (χ4n) is 2.22. The molecule has 2 atom stereocenters. The minimum absolute atomic E-state index is 0.175. The number of guanidine groups is 1. The number of ether oxygens (including phenoxy) is 1. The minimum Gasteiger partial charge on any atom is -0.371 e. The summed E-state index contributed by atoms with van der Waals surface area (Å²) < 4.78 is 10.7. The number of hydrogen-bond acceptors (Lipinski definition) is 6. The van der Waals surface area contributed by atoms with Crippen LogP contribution < -0.4 is 10.6 Å². The van der Waals surface area contributed by atoms with E-state index < -0.39 is 0 Å². The Labute approximate surface area is 159 Å². The van der Waals surface area contributed by atoms with Gasteiger partial charge in [0.15, 0.2) is 11.8 Å². The van der Waals surface area contributed by atoms with Crippen molar-refractivity contribution < 1.29 is 9.26 Å². The van der Waals surface area contributed by atoms with Gasteiger partial charge in [0.1, 0.15) is 6.10 Å². The van der Waals surface area contributed by atoms with Crippen LogP contribution in [0.15, 0.2) is 44.7 Å². The van der Waals surface area contributed by atoms with E-state index in [1.807, 2.05) is 43.8 Å². The van der Waals surface area contributed by atoms with E-state index in [9.17, 15) is 0 Å². The maximum Gasteiger partial charge on any atom is 0.246 e. The first-order valence-corrected chi connectivity index (χ1v) is 9.60. The maximum absolute atomic E-state index is 5.46. The van der Waals surface area contributed by atoms with Gasteiger partial charge < -0.3 is 19.9 Å². The average Bonchev–Trinajstić information content (AvgIpc) is 3.12. The second-order valence-corrected chi connectivity index (χ2v) is 7.20. The Kier molecular flexibility index (Phi) is 8.43. The van der Waals surface area contributed by atoms with Crippen LogP contribution in [0.2, 0.25) is 0 Å². The van der Waals surface area contributed by atoms with E-state index in [4.69, 9.17) is 9.26 Å². The SMILES string of the molecule is CCOC(C)c1noc(CNC(=NC)NCC(C)Sc2ccccc2)n1. The van der Waals surface area contributed by atoms with E-state index in [0.29, 0.717) is 36.1 Å². The van der Waals surface area contributed by atoms with Gasteiger partial charge in [-0.15, -0.1) is 11.8 Å². The summed E-state index contributed by atoms with van der Waals surface area (Å²) in [5.74, 6) is 1.75. The predicted molar refractivity (Wildman–Crippen MR) is 104 cm³/mol. The fourth-order valence-corrected chi connectivity index (χ4v) is 3.17. The lowest BCUT2D eigenvalue weighted by molar-refractivity contribution is 0.0683. The summed E-state index contributed by atoms with van der Waals surface area (Å²) in [6, 6.07) is 10.4. The molecule has 7 nitrogen and oxygen atoms in total. The third-order valence-electron chi connectivity index (χ3n) is 3.53. The summed E-state index contributed by atoms with van der Waals surface area (Å²) >= 11 is 1.82. The molecule has 26 heavy (non-hydrogen) atoms. The molecule has 0 aliphatic heterocycles. The van der Waals surface area contributed by atoms with Crippen LogP contribution in [0.5, 0.6) is 0 Å². The molecule has 1 aromatic carbocycles. The smallest absolute Gasteiger partial charge is 0.246 e. The van der Waals surface area contributed by atoms with E-state index >= 15 is 0 Å². The van der Waals surface area contributed by atoms with E-state index in [1.54, 1.807) is 7.05 Å². The second-order valence-electron chi connectivity index (χ2n) is 5.69. The normalized spacial score (nSPS) is 14.1. The van der Waals surface area contributed by atoms with Crippen LogP contribution in [0.3, 0.4) is 0 Å². The van der Waals surface area contributed by atoms with Crippen molar-refractivity contribution in [2.45, 2.75) is 43.6 Å². The average molecular weight is 378 g/mol. The summed E-state index contributed by atoms with van der Waals surface area (Å²) in [6.45, 7) is 7.82. The minimum atomic E-state index is -0.175. The van der Waals surface area contributed by atoms with Gasteiger partial charge in [0.25, 0.3) is 0 Å². The molecular weight excluding hydrogens is 350 g/mol. The van der Waals surface area contributed by atoms with Crippen molar-refractivity contribution in [2.24, 2.45) is 4.99 Å². The highest BCUT2D eigenvalue weighted by atomic mass is 32.2.